The molecule has 334 valence electrons. The van der Waals surface area contributed by atoms with Crippen molar-refractivity contribution in [3.63, 3.8) is 0 Å². The molecule has 0 aliphatic carbocycles. The highest BCUT2D eigenvalue weighted by molar-refractivity contribution is 7.90. The van der Waals surface area contributed by atoms with Crippen molar-refractivity contribution >= 4 is 50.4 Å². The molecule has 4 aliphatic rings. The van der Waals surface area contributed by atoms with Crippen LogP contribution < -0.4 is 10.0 Å². The second-order valence-corrected chi connectivity index (χ2v) is 18.4. The molecule has 14 nitrogen and oxygen atoms in total. The van der Waals surface area contributed by atoms with Crippen LogP contribution in [0.25, 0.3) is 22.2 Å². The number of benzene rings is 3. The standard InChI is InChI=1S/C46H46F3N7O7S/c47-33-13-17-55(26-33)64(61,62)53-38-8-7-37(48)41(42(38)49)43(58)36-24-51-44-35(36)22-31(23-50-44)29-4-2-28(3-5-29)30-11-15-54(16-12-30)18-20-63-19-14-27-1-6-34-32(21-27)25-56(46(34)60)39-9-10-40(57)52-45(39)59/h1-8,21-24,30,33,39,53H,9-20,25-26H2,(H,50,51)(H,52,57,59)/t33-,39?/m1/s1. The number of anilines is 1. The summed E-state index contributed by atoms with van der Waals surface area (Å²) >= 11 is 0. The Morgan fingerprint density at radius 3 is 2.47 bits per heavy atom. The van der Waals surface area contributed by atoms with Crippen molar-refractivity contribution in [1.29, 1.82) is 0 Å². The predicted molar refractivity (Wildman–Crippen MR) is 230 cm³/mol. The van der Waals surface area contributed by atoms with Crippen LogP contribution in [0.15, 0.2) is 73.1 Å². The first-order valence-corrected chi connectivity index (χ1v) is 22.9. The topological polar surface area (TPSA) is 174 Å². The molecule has 2 aromatic heterocycles. The zero-order valence-electron chi connectivity index (χ0n) is 34.7. The van der Waals surface area contributed by atoms with E-state index in [0.29, 0.717) is 60.7 Å². The van der Waals surface area contributed by atoms with E-state index in [4.69, 9.17) is 4.74 Å². The molecule has 3 aromatic carbocycles. The van der Waals surface area contributed by atoms with Crippen LogP contribution in [-0.4, -0.2) is 114 Å². The van der Waals surface area contributed by atoms with E-state index in [9.17, 15) is 32.0 Å². The number of H-pyrrole nitrogens is 1. The first-order valence-electron chi connectivity index (χ1n) is 21.4. The van der Waals surface area contributed by atoms with Gasteiger partial charge in [0.15, 0.2) is 5.82 Å². The maximum atomic E-state index is 15.7. The summed E-state index contributed by atoms with van der Waals surface area (Å²) in [5.74, 6) is -4.10. The normalized spacial score (nSPS) is 20.0. The number of amides is 3. The molecule has 3 N–H and O–H groups in total. The van der Waals surface area contributed by atoms with E-state index in [1.165, 1.54) is 11.8 Å². The van der Waals surface area contributed by atoms with Crippen molar-refractivity contribution in [1.82, 2.24) is 29.4 Å². The highest BCUT2D eigenvalue weighted by Crippen LogP contribution is 2.33. The molecule has 6 heterocycles. The third-order valence-electron chi connectivity index (χ3n) is 12.7. The van der Waals surface area contributed by atoms with Gasteiger partial charge in [0.1, 0.15) is 23.7 Å². The fourth-order valence-electron chi connectivity index (χ4n) is 9.14. The molecule has 0 radical (unpaired) electrons. The number of likely N-dealkylation sites (tertiary alicyclic amines) is 1. The molecule has 9 rings (SSSR count). The smallest absolute Gasteiger partial charge is 0.301 e. The van der Waals surface area contributed by atoms with Crippen LogP contribution in [0.1, 0.15) is 81.0 Å². The van der Waals surface area contributed by atoms with E-state index in [1.54, 1.807) is 17.2 Å². The Kier molecular flexibility index (Phi) is 12.1. The summed E-state index contributed by atoms with van der Waals surface area (Å²) in [6.07, 6.45) is 4.82. The summed E-state index contributed by atoms with van der Waals surface area (Å²) in [6.45, 7) is 3.67. The average Bonchev–Trinajstić information content (AvgIpc) is 4.01. The summed E-state index contributed by atoms with van der Waals surface area (Å²) in [5.41, 5.74) is 3.97. The Bertz CT molecular complexity index is 2760. The minimum absolute atomic E-state index is 0.00245. The van der Waals surface area contributed by atoms with Crippen LogP contribution in [0.3, 0.4) is 0 Å². The van der Waals surface area contributed by atoms with Crippen molar-refractivity contribution in [2.75, 3.05) is 50.7 Å². The van der Waals surface area contributed by atoms with Crippen LogP contribution >= 0.6 is 0 Å². The second kappa shape index (κ2) is 17.9. The number of imide groups is 1. The number of ketones is 1. The van der Waals surface area contributed by atoms with Crippen LogP contribution in [0.2, 0.25) is 0 Å². The summed E-state index contributed by atoms with van der Waals surface area (Å²) < 4.78 is 79.0. The monoisotopic (exact) mass is 897 g/mol. The van der Waals surface area contributed by atoms with Gasteiger partial charge in [0, 0.05) is 67.1 Å². The van der Waals surface area contributed by atoms with Crippen LogP contribution in [0, 0.1) is 11.6 Å². The molecule has 64 heavy (non-hydrogen) atoms. The fraction of sp³-hybridized carbons (Fsp3) is 0.370. The molecular formula is C46H46F3N7O7S. The number of ether oxygens (including phenoxy) is 1. The molecule has 4 aliphatic heterocycles. The number of hydrogen-bond acceptors (Lipinski definition) is 9. The van der Waals surface area contributed by atoms with Gasteiger partial charge in [-0.25, -0.2) is 18.2 Å². The Morgan fingerprint density at radius 2 is 1.72 bits per heavy atom. The van der Waals surface area contributed by atoms with Gasteiger partial charge < -0.3 is 19.5 Å². The van der Waals surface area contributed by atoms with Gasteiger partial charge in [-0.3, -0.25) is 29.2 Å². The molecule has 0 bridgehead atoms. The maximum Gasteiger partial charge on any atom is 0.301 e. The highest BCUT2D eigenvalue weighted by Gasteiger charge is 2.39. The zero-order chi connectivity index (χ0) is 44.7. The van der Waals surface area contributed by atoms with Gasteiger partial charge in [0.05, 0.1) is 24.5 Å². The van der Waals surface area contributed by atoms with Gasteiger partial charge >= 0.3 is 10.2 Å². The third kappa shape index (κ3) is 8.79. The highest BCUT2D eigenvalue weighted by atomic mass is 32.2. The molecule has 3 amide bonds. The number of alkyl halides is 1. The Hall–Kier alpha value is -5.95. The number of fused-ring (bicyclic) bond motifs is 2. The number of carbonyl (C=O) groups excluding carboxylic acids is 4. The lowest BCUT2D eigenvalue weighted by Gasteiger charge is -2.32. The van der Waals surface area contributed by atoms with Crippen LogP contribution in [-0.2, 0) is 37.5 Å². The van der Waals surface area contributed by atoms with E-state index < -0.39 is 57.0 Å². The fourth-order valence-corrected chi connectivity index (χ4v) is 10.4. The Morgan fingerprint density at radius 1 is 0.922 bits per heavy atom. The number of nitrogens with zero attached hydrogens (tertiary/aromatic N) is 4. The number of piperidine rings is 2. The van der Waals surface area contributed by atoms with Gasteiger partial charge in [0.25, 0.3) is 5.91 Å². The minimum atomic E-state index is -4.35. The number of aromatic amines is 1. The quantitative estimate of drug-likeness (QED) is 0.0725. The second-order valence-electron chi connectivity index (χ2n) is 16.8. The van der Waals surface area contributed by atoms with Crippen LogP contribution in [0.4, 0.5) is 18.9 Å². The molecule has 2 atom stereocenters. The number of aromatic nitrogens is 2. The van der Waals surface area contributed by atoms with Gasteiger partial charge in [-0.1, -0.05) is 36.4 Å². The summed E-state index contributed by atoms with van der Waals surface area (Å²) in [5, 5.41) is 2.67. The zero-order valence-corrected chi connectivity index (χ0v) is 35.6. The van der Waals surface area contributed by atoms with Crippen LogP contribution in [0.5, 0.6) is 0 Å². The predicted octanol–water partition coefficient (Wildman–Crippen LogP) is 5.64. The first-order chi connectivity index (χ1) is 30.8. The van der Waals surface area contributed by atoms with E-state index in [0.717, 1.165) is 65.6 Å². The number of carbonyl (C=O) groups is 4. The molecule has 3 saturated heterocycles. The van der Waals surface area contributed by atoms with E-state index in [1.807, 2.05) is 35.1 Å². The van der Waals surface area contributed by atoms with Gasteiger partial charge in [-0.05, 0) is 97.6 Å². The van der Waals surface area contributed by atoms with Gasteiger partial charge in [-0.2, -0.15) is 12.7 Å². The summed E-state index contributed by atoms with van der Waals surface area (Å²) in [4.78, 5) is 61.9. The first kappa shape index (κ1) is 43.3. The third-order valence-corrected chi connectivity index (χ3v) is 14.2. The number of hydrogen-bond donors (Lipinski definition) is 3. The van der Waals surface area contributed by atoms with Crippen molar-refractivity contribution in [3.8, 4) is 11.1 Å². The van der Waals surface area contributed by atoms with Crippen molar-refractivity contribution < 1.29 is 45.5 Å². The SMILES string of the molecule is O=C1CCC(N2Cc3cc(CCOCCN4CCC(c5ccc(-c6cnc7[nH]cc(C(=O)c8c(F)ccc(NS(=O)(=O)N9CC[C@@H](F)C9)c8F)c7c6)cc5)CC4)ccc3C2=O)C(=O)N1. The Balaban J connectivity index is 0.759. The Labute approximate surface area is 367 Å². The molecule has 5 aromatic rings. The van der Waals surface area contributed by atoms with E-state index >= 15 is 8.78 Å². The number of nitrogens with one attached hydrogen (secondary N) is 3. The molecule has 3 fully saturated rings. The lowest BCUT2D eigenvalue weighted by atomic mass is 9.88. The van der Waals surface area contributed by atoms with Crippen molar-refractivity contribution in [2.24, 2.45) is 0 Å². The number of pyridine rings is 1. The van der Waals surface area contributed by atoms with Crippen molar-refractivity contribution in [3.05, 3.63) is 118 Å². The maximum absolute atomic E-state index is 15.7. The largest absolute Gasteiger partial charge is 0.380 e. The molecule has 0 spiro atoms. The number of rotatable bonds is 14. The van der Waals surface area contributed by atoms with Crippen molar-refractivity contribution in [2.45, 2.75) is 63.2 Å². The summed E-state index contributed by atoms with van der Waals surface area (Å²) in [6, 6.07) is 16.7. The summed E-state index contributed by atoms with van der Waals surface area (Å²) in [7, 11) is -4.35. The number of halogens is 3. The molecule has 18 heteroatoms. The average molecular weight is 898 g/mol. The molecular weight excluding hydrogens is 852 g/mol. The van der Waals surface area contributed by atoms with E-state index in [2.05, 4.69) is 32.3 Å². The molecule has 1 unspecified atom stereocenters. The van der Waals surface area contributed by atoms with E-state index in [-0.39, 0.29) is 43.3 Å². The minimum Gasteiger partial charge on any atom is -0.380 e. The lowest BCUT2D eigenvalue weighted by Crippen LogP contribution is -2.52. The lowest BCUT2D eigenvalue weighted by molar-refractivity contribution is -0.136. The van der Waals surface area contributed by atoms with Gasteiger partial charge in [0.2, 0.25) is 17.6 Å². The molecule has 0 saturated carbocycles. The van der Waals surface area contributed by atoms with Gasteiger partial charge in [-0.15, -0.1) is 0 Å².